The van der Waals surface area contributed by atoms with E-state index in [1.54, 1.807) is 6.33 Å². The van der Waals surface area contributed by atoms with E-state index < -0.39 is 0 Å². The summed E-state index contributed by atoms with van der Waals surface area (Å²) in [4.78, 5) is 6.36. The number of aromatic nitrogens is 4. The highest BCUT2D eigenvalue weighted by Crippen LogP contribution is 2.39. The molecule has 2 saturated heterocycles. The molecule has 0 aliphatic carbocycles. The summed E-state index contributed by atoms with van der Waals surface area (Å²) < 4.78 is 7.42. The van der Waals surface area contributed by atoms with Gasteiger partial charge in [-0.1, -0.05) is 19.9 Å². The molecule has 6 rings (SSSR count). The molecule has 3 aromatic heterocycles. The number of H-pyrrole nitrogens is 1. The number of pyridine rings is 1. The Hall–Kier alpha value is -2.70. The van der Waals surface area contributed by atoms with Gasteiger partial charge < -0.3 is 9.72 Å². The van der Waals surface area contributed by atoms with E-state index in [2.05, 4.69) is 71.3 Å². The molecule has 5 heterocycles. The summed E-state index contributed by atoms with van der Waals surface area (Å²) in [5.41, 5.74) is 8.56. The molecular weight excluding hydrogens is 398 g/mol. The first-order valence-electron chi connectivity index (χ1n) is 11.9. The van der Waals surface area contributed by atoms with Crippen molar-refractivity contribution in [3.63, 3.8) is 0 Å². The number of nitrogens with one attached hydrogen (secondary N) is 1. The molecule has 32 heavy (non-hydrogen) atoms. The molecule has 0 radical (unpaired) electrons. The number of rotatable bonds is 4. The van der Waals surface area contributed by atoms with Gasteiger partial charge in [-0.15, -0.1) is 10.2 Å². The number of ether oxygens (including phenoxy) is 1. The van der Waals surface area contributed by atoms with Gasteiger partial charge in [0, 0.05) is 22.7 Å². The van der Waals surface area contributed by atoms with Crippen LogP contribution < -0.4 is 0 Å². The van der Waals surface area contributed by atoms with Crippen LogP contribution in [0.25, 0.3) is 27.8 Å². The standard InChI is InChI=1S/C26H31N5O/c1-16(2)24-22-11-19(18-6-8-30(9-7-18)21-13-32-14-21)4-5-23(22)28-25(24)20-10-17(3)26-29-27-15-31(26)12-20/h4-5,10-12,15-16,18,21,28H,6-9,13-14H2,1-3H3. The molecule has 0 unspecified atom stereocenters. The third-order valence-corrected chi connectivity index (χ3v) is 7.44. The molecule has 2 aliphatic rings. The largest absolute Gasteiger partial charge is 0.378 e. The lowest BCUT2D eigenvalue weighted by Crippen LogP contribution is -2.51. The van der Waals surface area contributed by atoms with Gasteiger partial charge >= 0.3 is 0 Å². The Kier molecular flexibility index (Phi) is 4.81. The van der Waals surface area contributed by atoms with Gasteiger partial charge in [0.2, 0.25) is 0 Å². The van der Waals surface area contributed by atoms with Crippen molar-refractivity contribution in [1.82, 2.24) is 24.5 Å². The second-order valence-electron chi connectivity index (χ2n) is 9.85. The lowest BCUT2D eigenvalue weighted by atomic mass is 9.87. The van der Waals surface area contributed by atoms with Gasteiger partial charge in [-0.2, -0.15) is 0 Å². The van der Waals surface area contributed by atoms with Gasteiger partial charge in [-0.05, 0) is 79.6 Å². The average Bonchev–Trinajstić information content (AvgIpc) is 3.37. The van der Waals surface area contributed by atoms with Crippen LogP contribution >= 0.6 is 0 Å². The number of hydrogen-bond donors (Lipinski definition) is 1. The predicted octanol–water partition coefficient (Wildman–Crippen LogP) is 4.89. The van der Waals surface area contributed by atoms with E-state index in [0.29, 0.717) is 17.9 Å². The molecule has 1 aromatic carbocycles. The van der Waals surface area contributed by atoms with Gasteiger partial charge in [0.15, 0.2) is 5.65 Å². The monoisotopic (exact) mass is 429 g/mol. The fourth-order valence-electron chi connectivity index (χ4n) is 5.58. The summed E-state index contributed by atoms with van der Waals surface area (Å²) in [6.07, 6.45) is 6.39. The van der Waals surface area contributed by atoms with E-state index in [1.807, 2.05) is 4.40 Å². The molecule has 0 bridgehead atoms. The molecule has 6 nitrogen and oxygen atoms in total. The van der Waals surface area contributed by atoms with Crippen molar-refractivity contribution in [3.8, 4) is 11.3 Å². The highest BCUT2D eigenvalue weighted by atomic mass is 16.5. The van der Waals surface area contributed by atoms with E-state index in [9.17, 15) is 0 Å². The van der Waals surface area contributed by atoms with E-state index in [-0.39, 0.29) is 0 Å². The maximum atomic E-state index is 5.39. The summed E-state index contributed by atoms with van der Waals surface area (Å²) in [6, 6.07) is 9.97. The highest BCUT2D eigenvalue weighted by molar-refractivity contribution is 5.92. The molecule has 1 N–H and O–H groups in total. The Morgan fingerprint density at radius 2 is 1.94 bits per heavy atom. The van der Waals surface area contributed by atoms with Crippen LogP contribution in [0, 0.1) is 6.92 Å². The first-order chi connectivity index (χ1) is 15.6. The normalized spacial score (nSPS) is 18.8. The highest BCUT2D eigenvalue weighted by Gasteiger charge is 2.30. The molecule has 6 heteroatoms. The Morgan fingerprint density at radius 1 is 1.12 bits per heavy atom. The molecule has 0 amide bonds. The molecule has 4 aromatic rings. The zero-order chi connectivity index (χ0) is 21.8. The van der Waals surface area contributed by atoms with Gasteiger partial charge in [0.1, 0.15) is 6.33 Å². The number of fused-ring (bicyclic) bond motifs is 2. The van der Waals surface area contributed by atoms with Gasteiger partial charge in [0.05, 0.1) is 24.9 Å². The summed E-state index contributed by atoms with van der Waals surface area (Å²) in [7, 11) is 0. The van der Waals surface area contributed by atoms with Crippen LogP contribution in [-0.2, 0) is 4.74 Å². The Bertz CT molecular complexity index is 1270. The van der Waals surface area contributed by atoms with Gasteiger partial charge in [-0.3, -0.25) is 9.30 Å². The van der Waals surface area contributed by atoms with Crippen molar-refractivity contribution in [3.05, 3.63) is 53.5 Å². The second-order valence-corrected chi connectivity index (χ2v) is 9.85. The van der Waals surface area contributed by atoms with E-state index in [4.69, 9.17) is 4.74 Å². The van der Waals surface area contributed by atoms with Crippen LogP contribution in [0.15, 0.2) is 36.8 Å². The third kappa shape index (κ3) is 3.24. The maximum Gasteiger partial charge on any atom is 0.163 e. The smallest absolute Gasteiger partial charge is 0.163 e. The lowest BCUT2D eigenvalue weighted by molar-refractivity contribution is -0.0712. The van der Waals surface area contributed by atoms with Crippen LogP contribution in [-0.4, -0.2) is 56.8 Å². The summed E-state index contributed by atoms with van der Waals surface area (Å²) >= 11 is 0. The Morgan fingerprint density at radius 3 is 2.66 bits per heavy atom. The van der Waals surface area contributed by atoms with Crippen molar-refractivity contribution < 1.29 is 4.74 Å². The molecular formula is C26H31N5O. The van der Waals surface area contributed by atoms with Gasteiger partial charge in [0.25, 0.3) is 0 Å². The second kappa shape index (κ2) is 7.71. The minimum atomic E-state index is 0.423. The molecule has 0 saturated carbocycles. The fraction of sp³-hybridized carbons (Fsp3) is 0.462. The molecule has 0 spiro atoms. The van der Waals surface area contributed by atoms with E-state index in [0.717, 1.165) is 24.4 Å². The SMILES string of the molecule is Cc1cc(-c2[nH]c3ccc(C4CCN(C5COC5)CC4)cc3c2C(C)C)cn2cnnc12. The average molecular weight is 430 g/mol. The topological polar surface area (TPSA) is 58.5 Å². The zero-order valence-electron chi connectivity index (χ0n) is 19.1. The van der Waals surface area contributed by atoms with Gasteiger partial charge in [-0.25, -0.2) is 0 Å². The number of hydrogen-bond acceptors (Lipinski definition) is 4. The number of nitrogens with zero attached hydrogens (tertiary/aromatic N) is 4. The van der Waals surface area contributed by atoms with Crippen LogP contribution in [0.3, 0.4) is 0 Å². The van der Waals surface area contributed by atoms with Crippen LogP contribution in [0.4, 0.5) is 0 Å². The number of aromatic amines is 1. The van der Waals surface area contributed by atoms with Crippen molar-refractivity contribution in [2.75, 3.05) is 26.3 Å². The van der Waals surface area contributed by atoms with E-state index >= 15 is 0 Å². The molecule has 0 atom stereocenters. The maximum absolute atomic E-state index is 5.39. The third-order valence-electron chi connectivity index (χ3n) is 7.44. The summed E-state index contributed by atoms with van der Waals surface area (Å²) in [5, 5.41) is 9.68. The fourth-order valence-corrected chi connectivity index (χ4v) is 5.58. The lowest BCUT2D eigenvalue weighted by Gasteiger charge is -2.41. The van der Waals surface area contributed by atoms with Crippen LogP contribution in [0.5, 0.6) is 0 Å². The van der Waals surface area contributed by atoms with Crippen molar-refractivity contribution in [2.45, 2.75) is 51.5 Å². The predicted molar refractivity (Wildman–Crippen MR) is 127 cm³/mol. The molecule has 166 valence electrons. The van der Waals surface area contributed by atoms with Crippen molar-refractivity contribution in [1.29, 1.82) is 0 Å². The van der Waals surface area contributed by atoms with Crippen molar-refractivity contribution in [2.24, 2.45) is 0 Å². The Labute approximate surface area is 188 Å². The summed E-state index contributed by atoms with van der Waals surface area (Å²) in [5.74, 6) is 1.07. The van der Waals surface area contributed by atoms with Crippen molar-refractivity contribution >= 4 is 16.6 Å². The number of likely N-dealkylation sites (tertiary alicyclic amines) is 1. The first-order valence-corrected chi connectivity index (χ1v) is 11.9. The minimum Gasteiger partial charge on any atom is -0.378 e. The van der Waals surface area contributed by atoms with Crippen LogP contribution in [0.2, 0.25) is 0 Å². The summed E-state index contributed by atoms with van der Waals surface area (Å²) in [6.45, 7) is 10.9. The molecule has 2 aliphatic heterocycles. The van der Waals surface area contributed by atoms with Crippen LogP contribution in [0.1, 0.15) is 55.2 Å². The first kappa shape index (κ1) is 19.9. The quantitative estimate of drug-likeness (QED) is 0.502. The molecule has 2 fully saturated rings. The number of piperidine rings is 1. The zero-order valence-corrected chi connectivity index (χ0v) is 19.1. The minimum absolute atomic E-state index is 0.423. The van der Waals surface area contributed by atoms with E-state index in [1.165, 1.54) is 59.2 Å². The number of aryl methyl sites for hydroxylation is 1. The number of benzene rings is 1. The Balaban J connectivity index is 1.37.